The highest BCUT2D eigenvalue weighted by Crippen LogP contribution is 2.21. The molecule has 0 heterocycles. The SMILES string of the molecule is Cc1ccc(F)cc1OCCC(NC1CC1)C(N)=O. The molecule has 4 nitrogen and oxygen atoms in total. The van der Waals surface area contributed by atoms with Gasteiger partial charge in [-0.05, 0) is 31.4 Å². The number of hydrogen-bond acceptors (Lipinski definition) is 3. The molecule has 1 atom stereocenters. The highest BCUT2D eigenvalue weighted by atomic mass is 19.1. The Morgan fingerprint density at radius 1 is 1.58 bits per heavy atom. The topological polar surface area (TPSA) is 64.3 Å². The number of rotatable bonds is 7. The molecule has 1 aliphatic rings. The quantitative estimate of drug-likeness (QED) is 0.786. The molecule has 1 aromatic carbocycles. The first-order valence-corrected chi connectivity index (χ1v) is 6.50. The van der Waals surface area contributed by atoms with Crippen molar-refractivity contribution >= 4 is 5.91 Å². The van der Waals surface area contributed by atoms with Crippen molar-refractivity contribution in [1.82, 2.24) is 5.32 Å². The van der Waals surface area contributed by atoms with Crippen molar-refractivity contribution in [3.63, 3.8) is 0 Å². The lowest BCUT2D eigenvalue weighted by atomic mass is 10.2. The molecule has 0 radical (unpaired) electrons. The van der Waals surface area contributed by atoms with Crippen LogP contribution in [0.25, 0.3) is 0 Å². The summed E-state index contributed by atoms with van der Waals surface area (Å²) in [5.41, 5.74) is 6.20. The molecule has 1 unspecified atom stereocenters. The maximum atomic E-state index is 13.1. The van der Waals surface area contributed by atoms with Crippen molar-refractivity contribution in [3.05, 3.63) is 29.6 Å². The van der Waals surface area contributed by atoms with E-state index >= 15 is 0 Å². The van der Waals surface area contributed by atoms with Crippen LogP contribution in [0.1, 0.15) is 24.8 Å². The van der Waals surface area contributed by atoms with Crippen LogP contribution in [0, 0.1) is 12.7 Å². The van der Waals surface area contributed by atoms with Crippen LogP contribution in [-0.2, 0) is 4.79 Å². The molecule has 1 saturated carbocycles. The Balaban J connectivity index is 1.83. The fourth-order valence-electron chi connectivity index (χ4n) is 1.86. The van der Waals surface area contributed by atoms with Crippen LogP contribution in [0.3, 0.4) is 0 Å². The summed E-state index contributed by atoms with van der Waals surface area (Å²) < 4.78 is 18.6. The molecule has 1 aromatic rings. The first-order chi connectivity index (χ1) is 9.06. The molecule has 1 fully saturated rings. The van der Waals surface area contributed by atoms with Gasteiger partial charge in [0.05, 0.1) is 12.6 Å². The minimum Gasteiger partial charge on any atom is -0.493 e. The lowest BCUT2D eigenvalue weighted by molar-refractivity contribution is -0.120. The van der Waals surface area contributed by atoms with Crippen molar-refractivity contribution in [2.45, 2.75) is 38.3 Å². The Morgan fingerprint density at radius 2 is 2.32 bits per heavy atom. The number of nitrogens with one attached hydrogen (secondary N) is 1. The third kappa shape index (κ3) is 4.21. The van der Waals surface area contributed by atoms with Gasteiger partial charge in [-0.2, -0.15) is 0 Å². The zero-order valence-corrected chi connectivity index (χ0v) is 11.0. The number of carbonyl (C=O) groups excluding carboxylic acids is 1. The molecule has 1 amide bonds. The molecule has 104 valence electrons. The van der Waals surface area contributed by atoms with Crippen LogP contribution in [0.4, 0.5) is 4.39 Å². The van der Waals surface area contributed by atoms with Gasteiger partial charge in [-0.25, -0.2) is 4.39 Å². The molecule has 0 spiro atoms. The first-order valence-electron chi connectivity index (χ1n) is 6.50. The van der Waals surface area contributed by atoms with Crippen molar-refractivity contribution in [3.8, 4) is 5.75 Å². The summed E-state index contributed by atoms with van der Waals surface area (Å²) in [6, 6.07) is 4.44. The summed E-state index contributed by atoms with van der Waals surface area (Å²) >= 11 is 0. The molecular weight excluding hydrogens is 247 g/mol. The van der Waals surface area contributed by atoms with Gasteiger partial charge in [-0.1, -0.05) is 6.07 Å². The average molecular weight is 266 g/mol. The second-order valence-corrected chi connectivity index (χ2v) is 4.94. The number of aryl methyl sites for hydroxylation is 1. The molecule has 5 heteroatoms. The van der Waals surface area contributed by atoms with Crippen molar-refractivity contribution in [2.75, 3.05) is 6.61 Å². The number of ether oxygens (including phenoxy) is 1. The summed E-state index contributed by atoms with van der Waals surface area (Å²) in [7, 11) is 0. The van der Waals surface area contributed by atoms with Gasteiger partial charge in [0.15, 0.2) is 0 Å². The van der Waals surface area contributed by atoms with Crippen molar-refractivity contribution < 1.29 is 13.9 Å². The zero-order valence-electron chi connectivity index (χ0n) is 11.0. The molecule has 0 saturated heterocycles. The number of benzene rings is 1. The van der Waals surface area contributed by atoms with Crippen LogP contribution in [-0.4, -0.2) is 24.6 Å². The lowest BCUT2D eigenvalue weighted by Crippen LogP contribution is -2.43. The van der Waals surface area contributed by atoms with E-state index < -0.39 is 0 Å². The molecule has 19 heavy (non-hydrogen) atoms. The minimum atomic E-state index is -0.374. The van der Waals surface area contributed by atoms with Crippen molar-refractivity contribution in [1.29, 1.82) is 0 Å². The summed E-state index contributed by atoms with van der Waals surface area (Å²) in [4.78, 5) is 11.3. The lowest BCUT2D eigenvalue weighted by Gasteiger charge is -2.16. The predicted octanol–water partition coefficient (Wildman–Crippen LogP) is 1.51. The predicted molar refractivity (Wildman–Crippen MR) is 70.4 cm³/mol. The van der Waals surface area contributed by atoms with E-state index in [0.717, 1.165) is 18.4 Å². The molecular formula is C14H19FN2O2. The van der Waals surface area contributed by atoms with E-state index in [0.29, 0.717) is 24.8 Å². The standard InChI is InChI=1S/C14H19FN2O2/c1-9-2-3-10(15)8-13(9)19-7-6-12(14(16)18)17-11-4-5-11/h2-3,8,11-12,17H,4-7H2,1H3,(H2,16,18). The second kappa shape index (κ2) is 6.02. The van der Waals surface area contributed by atoms with Gasteiger partial charge in [-0.3, -0.25) is 4.79 Å². The Labute approximate surface area is 112 Å². The Kier molecular flexibility index (Phi) is 4.37. The summed E-state index contributed by atoms with van der Waals surface area (Å²) in [5.74, 6) is -0.190. The first kappa shape index (κ1) is 13.8. The van der Waals surface area contributed by atoms with Crippen LogP contribution >= 0.6 is 0 Å². The maximum Gasteiger partial charge on any atom is 0.234 e. The zero-order chi connectivity index (χ0) is 13.8. The molecule has 0 bridgehead atoms. The largest absolute Gasteiger partial charge is 0.493 e. The highest BCUT2D eigenvalue weighted by molar-refractivity contribution is 5.79. The third-order valence-corrected chi connectivity index (χ3v) is 3.17. The Morgan fingerprint density at radius 3 is 2.95 bits per heavy atom. The Bertz CT molecular complexity index is 461. The van der Waals surface area contributed by atoms with Crippen LogP contribution in [0.2, 0.25) is 0 Å². The summed E-state index contributed by atoms with van der Waals surface area (Å²) in [6.07, 6.45) is 2.67. The van der Waals surface area contributed by atoms with E-state index in [9.17, 15) is 9.18 Å². The Hall–Kier alpha value is -1.62. The van der Waals surface area contributed by atoms with Gasteiger partial charge in [0.1, 0.15) is 11.6 Å². The van der Waals surface area contributed by atoms with Gasteiger partial charge in [0.2, 0.25) is 5.91 Å². The minimum absolute atomic E-state index is 0.330. The molecule has 0 aromatic heterocycles. The smallest absolute Gasteiger partial charge is 0.234 e. The number of carbonyl (C=O) groups is 1. The van der Waals surface area contributed by atoms with Crippen LogP contribution in [0.15, 0.2) is 18.2 Å². The van der Waals surface area contributed by atoms with Crippen LogP contribution < -0.4 is 15.8 Å². The van der Waals surface area contributed by atoms with Gasteiger partial charge in [0.25, 0.3) is 0 Å². The normalized spacial score (nSPS) is 16.1. The van der Waals surface area contributed by atoms with E-state index in [-0.39, 0.29) is 17.8 Å². The molecule has 3 N–H and O–H groups in total. The van der Waals surface area contributed by atoms with Gasteiger partial charge in [-0.15, -0.1) is 0 Å². The summed E-state index contributed by atoms with van der Waals surface area (Å²) in [5, 5.41) is 3.17. The van der Waals surface area contributed by atoms with Gasteiger partial charge >= 0.3 is 0 Å². The molecule has 0 aliphatic heterocycles. The van der Waals surface area contributed by atoms with Crippen molar-refractivity contribution in [2.24, 2.45) is 5.73 Å². The van der Waals surface area contributed by atoms with E-state index in [1.807, 2.05) is 6.92 Å². The summed E-state index contributed by atoms with van der Waals surface area (Å²) in [6.45, 7) is 2.18. The number of primary amides is 1. The maximum absolute atomic E-state index is 13.1. The molecule has 1 aliphatic carbocycles. The third-order valence-electron chi connectivity index (χ3n) is 3.17. The monoisotopic (exact) mass is 266 g/mol. The second-order valence-electron chi connectivity index (χ2n) is 4.94. The number of amides is 1. The number of hydrogen-bond donors (Lipinski definition) is 2. The van der Waals surface area contributed by atoms with Crippen LogP contribution in [0.5, 0.6) is 5.75 Å². The van der Waals surface area contributed by atoms with E-state index in [1.165, 1.54) is 12.1 Å². The molecule has 2 rings (SSSR count). The van der Waals surface area contributed by atoms with E-state index in [4.69, 9.17) is 10.5 Å². The van der Waals surface area contributed by atoms with Gasteiger partial charge < -0.3 is 15.8 Å². The number of nitrogens with two attached hydrogens (primary N) is 1. The van der Waals surface area contributed by atoms with E-state index in [1.54, 1.807) is 6.07 Å². The average Bonchev–Trinajstić information content (AvgIpc) is 3.16. The van der Waals surface area contributed by atoms with E-state index in [2.05, 4.69) is 5.32 Å². The fraction of sp³-hybridized carbons (Fsp3) is 0.500. The number of halogens is 1. The highest BCUT2D eigenvalue weighted by Gasteiger charge is 2.27. The van der Waals surface area contributed by atoms with Gasteiger partial charge in [0, 0.05) is 18.5 Å². The fourth-order valence-corrected chi connectivity index (χ4v) is 1.86.